The van der Waals surface area contributed by atoms with E-state index in [-0.39, 0.29) is 24.2 Å². The minimum atomic E-state index is -0.706. The Morgan fingerprint density at radius 3 is 2.65 bits per heavy atom. The quantitative estimate of drug-likeness (QED) is 0.773. The van der Waals surface area contributed by atoms with Crippen LogP contribution < -0.4 is 11.1 Å². The van der Waals surface area contributed by atoms with Gasteiger partial charge in [0, 0.05) is 6.42 Å². The molecule has 0 aliphatic rings. The monoisotopic (exact) mass is 234 g/mol. The summed E-state index contributed by atoms with van der Waals surface area (Å²) in [4.78, 5) is 11.6. The molecule has 0 heterocycles. The van der Waals surface area contributed by atoms with Crippen molar-refractivity contribution in [3.63, 3.8) is 0 Å². The Morgan fingerprint density at radius 1 is 1.53 bits per heavy atom. The topological polar surface area (TPSA) is 55.1 Å². The highest BCUT2D eigenvalue weighted by molar-refractivity contribution is 5.82. The van der Waals surface area contributed by atoms with Crippen molar-refractivity contribution < 1.29 is 9.18 Å². The van der Waals surface area contributed by atoms with Crippen LogP contribution in [0.1, 0.15) is 24.9 Å². The van der Waals surface area contributed by atoms with Crippen LogP contribution in [0.4, 0.5) is 4.39 Å². The molecule has 0 saturated carbocycles. The van der Waals surface area contributed by atoms with Crippen LogP contribution in [-0.4, -0.2) is 11.9 Å². The van der Waals surface area contributed by atoms with Gasteiger partial charge in [0.1, 0.15) is 5.82 Å². The van der Waals surface area contributed by atoms with Gasteiger partial charge >= 0.3 is 0 Å². The van der Waals surface area contributed by atoms with E-state index >= 15 is 0 Å². The van der Waals surface area contributed by atoms with Crippen LogP contribution in [0.3, 0.4) is 0 Å². The molecule has 0 fully saturated rings. The smallest absolute Gasteiger partial charge is 0.238 e. The summed E-state index contributed by atoms with van der Waals surface area (Å²) in [5.74, 6) is 1.72. The molecule has 0 aliphatic heterocycles. The lowest BCUT2D eigenvalue weighted by atomic mass is 10.1. The van der Waals surface area contributed by atoms with Gasteiger partial charge < -0.3 is 11.1 Å². The van der Waals surface area contributed by atoms with E-state index in [1.165, 1.54) is 12.1 Å². The van der Waals surface area contributed by atoms with E-state index in [2.05, 4.69) is 11.2 Å². The van der Waals surface area contributed by atoms with Gasteiger partial charge in [0.05, 0.1) is 12.1 Å². The zero-order chi connectivity index (χ0) is 12.8. The van der Waals surface area contributed by atoms with Crippen molar-refractivity contribution in [1.82, 2.24) is 5.32 Å². The fraction of sp³-hybridized carbons (Fsp3) is 0.308. The third kappa shape index (κ3) is 3.89. The van der Waals surface area contributed by atoms with Gasteiger partial charge in [-0.05, 0) is 24.6 Å². The SMILES string of the molecule is C#CCC(N)C(=O)N[C@H](C)c1ccc(F)cc1. The van der Waals surface area contributed by atoms with Crippen LogP contribution in [0.15, 0.2) is 24.3 Å². The lowest BCUT2D eigenvalue weighted by molar-refractivity contribution is -0.122. The van der Waals surface area contributed by atoms with Gasteiger partial charge in [0.25, 0.3) is 0 Å². The predicted molar refractivity (Wildman–Crippen MR) is 64.4 cm³/mol. The molecule has 1 rings (SSSR count). The molecule has 0 aliphatic carbocycles. The molecule has 0 bridgehead atoms. The molecule has 1 unspecified atom stereocenters. The summed E-state index contributed by atoms with van der Waals surface area (Å²) in [5.41, 5.74) is 6.38. The van der Waals surface area contributed by atoms with Crippen LogP contribution in [0, 0.1) is 18.2 Å². The molecule has 4 heteroatoms. The maximum absolute atomic E-state index is 12.7. The minimum Gasteiger partial charge on any atom is -0.348 e. The number of hydrogen-bond acceptors (Lipinski definition) is 2. The third-order valence-electron chi connectivity index (χ3n) is 2.40. The number of carbonyl (C=O) groups is 1. The van der Waals surface area contributed by atoms with Crippen LogP contribution in [0.2, 0.25) is 0 Å². The first-order valence-electron chi connectivity index (χ1n) is 5.29. The van der Waals surface area contributed by atoms with Crippen LogP contribution in [0.25, 0.3) is 0 Å². The zero-order valence-electron chi connectivity index (χ0n) is 9.61. The van der Waals surface area contributed by atoms with Gasteiger partial charge in [-0.25, -0.2) is 4.39 Å². The summed E-state index contributed by atoms with van der Waals surface area (Å²) < 4.78 is 12.7. The lowest BCUT2D eigenvalue weighted by Crippen LogP contribution is -2.41. The summed E-state index contributed by atoms with van der Waals surface area (Å²) in [6, 6.07) is 4.99. The number of hydrogen-bond donors (Lipinski definition) is 2. The largest absolute Gasteiger partial charge is 0.348 e. The van der Waals surface area contributed by atoms with E-state index in [0.29, 0.717) is 0 Å². The first kappa shape index (κ1) is 13.2. The summed E-state index contributed by atoms with van der Waals surface area (Å²) in [6.07, 6.45) is 5.27. The summed E-state index contributed by atoms with van der Waals surface area (Å²) in [6.45, 7) is 1.80. The zero-order valence-corrected chi connectivity index (χ0v) is 9.61. The molecule has 1 aromatic carbocycles. The predicted octanol–water partition coefficient (Wildman–Crippen LogP) is 1.35. The summed E-state index contributed by atoms with van der Waals surface area (Å²) in [5, 5.41) is 2.72. The molecule has 0 saturated heterocycles. The van der Waals surface area contributed by atoms with E-state index in [4.69, 9.17) is 12.2 Å². The molecule has 1 amide bonds. The van der Waals surface area contributed by atoms with E-state index in [0.717, 1.165) is 5.56 Å². The molecule has 2 atom stereocenters. The molecule has 0 aromatic heterocycles. The highest BCUT2D eigenvalue weighted by Crippen LogP contribution is 2.12. The van der Waals surface area contributed by atoms with Crippen molar-refractivity contribution in [2.75, 3.05) is 0 Å². The fourth-order valence-corrected chi connectivity index (χ4v) is 1.37. The first-order valence-corrected chi connectivity index (χ1v) is 5.29. The van der Waals surface area contributed by atoms with Gasteiger partial charge in [-0.2, -0.15) is 0 Å². The Kier molecular flexibility index (Phi) is 4.68. The van der Waals surface area contributed by atoms with Gasteiger partial charge in [0.15, 0.2) is 0 Å². The first-order chi connectivity index (χ1) is 8.04. The Hall–Kier alpha value is -1.86. The van der Waals surface area contributed by atoms with Crippen LogP contribution >= 0.6 is 0 Å². The van der Waals surface area contributed by atoms with Gasteiger partial charge in [0.2, 0.25) is 5.91 Å². The number of nitrogens with one attached hydrogen (secondary N) is 1. The average Bonchev–Trinajstić information content (AvgIpc) is 2.30. The van der Waals surface area contributed by atoms with Crippen LogP contribution in [-0.2, 0) is 4.79 Å². The second kappa shape index (κ2) is 6.02. The van der Waals surface area contributed by atoms with Crippen LogP contribution in [0.5, 0.6) is 0 Å². The Balaban J connectivity index is 2.60. The summed E-state index contributed by atoms with van der Waals surface area (Å²) in [7, 11) is 0. The molecule has 0 radical (unpaired) electrons. The second-order valence-corrected chi connectivity index (χ2v) is 3.80. The molecular weight excluding hydrogens is 219 g/mol. The number of amides is 1. The van der Waals surface area contributed by atoms with Gasteiger partial charge in [-0.1, -0.05) is 12.1 Å². The van der Waals surface area contributed by atoms with Crippen molar-refractivity contribution in [1.29, 1.82) is 0 Å². The van der Waals surface area contributed by atoms with Gasteiger partial charge in [-0.3, -0.25) is 4.79 Å². The number of halogens is 1. The van der Waals surface area contributed by atoms with Crippen molar-refractivity contribution in [2.24, 2.45) is 5.73 Å². The molecule has 90 valence electrons. The maximum Gasteiger partial charge on any atom is 0.238 e. The van der Waals surface area contributed by atoms with E-state index in [9.17, 15) is 9.18 Å². The number of rotatable bonds is 4. The van der Waals surface area contributed by atoms with Gasteiger partial charge in [-0.15, -0.1) is 12.3 Å². The van der Waals surface area contributed by atoms with Crippen molar-refractivity contribution >= 4 is 5.91 Å². The molecule has 0 spiro atoms. The standard InChI is InChI=1S/C13H15FN2O/c1-3-4-12(15)13(17)16-9(2)10-5-7-11(14)8-6-10/h1,5-9,12H,4,15H2,2H3,(H,16,17)/t9-,12?/m1/s1. The Morgan fingerprint density at radius 2 is 2.12 bits per heavy atom. The summed E-state index contributed by atoms with van der Waals surface area (Å²) >= 11 is 0. The Bertz CT molecular complexity index is 422. The Labute approximate surface area is 100 Å². The average molecular weight is 234 g/mol. The highest BCUT2D eigenvalue weighted by Gasteiger charge is 2.15. The van der Waals surface area contributed by atoms with E-state index < -0.39 is 6.04 Å². The highest BCUT2D eigenvalue weighted by atomic mass is 19.1. The minimum absolute atomic E-state index is 0.196. The molecule has 1 aromatic rings. The van der Waals surface area contributed by atoms with Crippen molar-refractivity contribution in [3.8, 4) is 12.3 Å². The number of carbonyl (C=O) groups excluding carboxylic acids is 1. The number of nitrogens with two attached hydrogens (primary N) is 1. The van der Waals surface area contributed by atoms with Crippen molar-refractivity contribution in [3.05, 3.63) is 35.6 Å². The molecule has 3 N–H and O–H groups in total. The fourth-order valence-electron chi connectivity index (χ4n) is 1.37. The lowest BCUT2D eigenvalue weighted by Gasteiger charge is -2.16. The maximum atomic E-state index is 12.7. The molecular formula is C13H15FN2O. The third-order valence-corrected chi connectivity index (χ3v) is 2.40. The second-order valence-electron chi connectivity index (χ2n) is 3.80. The molecule has 3 nitrogen and oxygen atoms in total. The van der Waals surface area contributed by atoms with Crippen molar-refractivity contribution in [2.45, 2.75) is 25.4 Å². The normalized spacial score (nSPS) is 13.5. The number of terminal acetylenes is 1. The van der Waals surface area contributed by atoms with E-state index in [1.807, 2.05) is 0 Å². The van der Waals surface area contributed by atoms with E-state index in [1.54, 1.807) is 19.1 Å². The molecule has 17 heavy (non-hydrogen) atoms. The number of benzene rings is 1.